The standard InChI is InChI=1S/C10H9N3O2S/c1-7-4-9(13-15-7)10(14)12-11-5-8-2-3-16-6-8/h2-6H,1H3,(H,12,14)/b11-5-. The minimum atomic E-state index is -0.386. The summed E-state index contributed by atoms with van der Waals surface area (Å²) >= 11 is 1.57. The Hall–Kier alpha value is -1.95. The van der Waals surface area contributed by atoms with E-state index in [1.807, 2.05) is 16.8 Å². The summed E-state index contributed by atoms with van der Waals surface area (Å²) in [5.41, 5.74) is 3.53. The van der Waals surface area contributed by atoms with Crippen LogP contribution in [0.15, 0.2) is 32.5 Å². The number of rotatable bonds is 3. The van der Waals surface area contributed by atoms with E-state index in [1.165, 1.54) is 0 Å². The summed E-state index contributed by atoms with van der Waals surface area (Å²) in [5.74, 6) is 0.204. The molecule has 0 aromatic carbocycles. The Morgan fingerprint density at radius 1 is 1.69 bits per heavy atom. The van der Waals surface area contributed by atoms with E-state index in [0.29, 0.717) is 5.76 Å². The zero-order valence-electron chi connectivity index (χ0n) is 8.51. The molecule has 0 saturated carbocycles. The molecule has 1 N–H and O–H groups in total. The maximum absolute atomic E-state index is 11.4. The van der Waals surface area contributed by atoms with Gasteiger partial charge in [0.15, 0.2) is 5.69 Å². The van der Waals surface area contributed by atoms with Crippen LogP contribution in [0.3, 0.4) is 0 Å². The van der Waals surface area contributed by atoms with Gasteiger partial charge in [-0.05, 0) is 23.8 Å². The van der Waals surface area contributed by atoms with Crippen molar-refractivity contribution in [3.8, 4) is 0 Å². The second kappa shape index (κ2) is 4.71. The van der Waals surface area contributed by atoms with Gasteiger partial charge in [-0.25, -0.2) is 5.43 Å². The van der Waals surface area contributed by atoms with Crippen molar-refractivity contribution < 1.29 is 9.32 Å². The number of hydrazone groups is 1. The van der Waals surface area contributed by atoms with Gasteiger partial charge in [0.25, 0.3) is 5.91 Å². The van der Waals surface area contributed by atoms with Crippen molar-refractivity contribution in [2.75, 3.05) is 0 Å². The highest BCUT2D eigenvalue weighted by atomic mass is 32.1. The van der Waals surface area contributed by atoms with Crippen LogP contribution in [0.4, 0.5) is 0 Å². The van der Waals surface area contributed by atoms with Gasteiger partial charge in [0.05, 0.1) is 6.21 Å². The third kappa shape index (κ3) is 2.54. The van der Waals surface area contributed by atoms with Crippen molar-refractivity contribution in [1.82, 2.24) is 10.6 Å². The lowest BCUT2D eigenvalue weighted by Gasteiger charge is -1.92. The fraction of sp³-hybridized carbons (Fsp3) is 0.100. The van der Waals surface area contributed by atoms with Crippen LogP contribution in [0.2, 0.25) is 0 Å². The highest BCUT2D eigenvalue weighted by Crippen LogP contribution is 2.03. The molecule has 0 aliphatic heterocycles. The molecule has 2 heterocycles. The van der Waals surface area contributed by atoms with Crippen LogP contribution in [0.1, 0.15) is 21.8 Å². The van der Waals surface area contributed by atoms with E-state index in [0.717, 1.165) is 5.56 Å². The predicted octanol–water partition coefficient (Wildman–Crippen LogP) is 1.81. The number of aryl methyl sites for hydroxylation is 1. The first-order valence-corrected chi connectivity index (χ1v) is 5.49. The Bertz CT molecular complexity index is 502. The molecule has 0 unspecified atom stereocenters. The van der Waals surface area contributed by atoms with Crippen molar-refractivity contribution in [2.24, 2.45) is 5.10 Å². The number of amides is 1. The van der Waals surface area contributed by atoms with Crippen LogP contribution in [0.5, 0.6) is 0 Å². The number of thiophene rings is 1. The van der Waals surface area contributed by atoms with Crippen LogP contribution in [0.25, 0.3) is 0 Å². The Labute approximate surface area is 95.8 Å². The quantitative estimate of drug-likeness (QED) is 0.651. The van der Waals surface area contributed by atoms with Gasteiger partial charge in [-0.15, -0.1) is 0 Å². The highest BCUT2D eigenvalue weighted by Gasteiger charge is 2.08. The van der Waals surface area contributed by atoms with Crippen molar-refractivity contribution in [2.45, 2.75) is 6.92 Å². The number of carbonyl (C=O) groups excluding carboxylic acids is 1. The van der Waals surface area contributed by atoms with Crippen LogP contribution in [0, 0.1) is 6.92 Å². The van der Waals surface area contributed by atoms with Gasteiger partial charge in [0.1, 0.15) is 5.76 Å². The molecule has 82 valence electrons. The lowest BCUT2D eigenvalue weighted by atomic mass is 10.4. The van der Waals surface area contributed by atoms with E-state index in [2.05, 4.69) is 15.7 Å². The molecule has 16 heavy (non-hydrogen) atoms. The second-order valence-electron chi connectivity index (χ2n) is 3.08. The molecule has 5 nitrogen and oxygen atoms in total. The summed E-state index contributed by atoms with van der Waals surface area (Å²) in [6.45, 7) is 1.72. The summed E-state index contributed by atoms with van der Waals surface area (Å²) in [6.07, 6.45) is 1.57. The summed E-state index contributed by atoms with van der Waals surface area (Å²) in [5, 5.41) is 11.2. The number of nitrogens with zero attached hydrogens (tertiary/aromatic N) is 2. The van der Waals surface area contributed by atoms with E-state index in [9.17, 15) is 4.79 Å². The topological polar surface area (TPSA) is 67.5 Å². The summed E-state index contributed by atoms with van der Waals surface area (Å²) in [6, 6.07) is 3.45. The summed E-state index contributed by atoms with van der Waals surface area (Å²) in [7, 11) is 0. The summed E-state index contributed by atoms with van der Waals surface area (Å²) in [4.78, 5) is 11.4. The average Bonchev–Trinajstić information content (AvgIpc) is 2.89. The number of carbonyl (C=O) groups is 1. The molecule has 1 amide bonds. The Morgan fingerprint density at radius 3 is 3.19 bits per heavy atom. The maximum Gasteiger partial charge on any atom is 0.293 e. The number of nitrogens with one attached hydrogen (secondary N) is 1. The number of hydrogen-bond donors (Lipinski definition) is 1. The first kappa shape index (κ1) is 10.6. The molecule has 0 aliphatic carbocycles. The molecule has 0 radical (unpaired) electrons. The maximum atomic E-state index is 11.4. The molecule has 2 rings (SSSR count). The van der Waals surface area contributed by atoms with Gasteiger partial charge in [-0.1, -0.05) is 5.16 Å². The fourth-order valence-electron chi connectivity index (χ4n) is 1.04. The van der Waals surface area contributed by atoms with E-state index in [-0.39, 0.29) is 11.6 Å². The zero-order valence-corrected chi connectivity index (χ0v) is 9.32. The first-order valence-electron chi connectivity index (χ1n) is 4.54. The molecule has 6 heteroatoms. The molecule has 0 fully saturated rings. The molecular formula is C10H9N3O2S. The van der Waals surface area contributed by atoms with Crippen molar-refractivity contribution >= 4 is 23.5 Å². The normalized spacial score (nSPS) is 10.8. The van der Waals surface area contributed by atoms with Gasteiger partial charge in [-0.3, -0.25) is 4.79 Å². The second-order valence-corrected chi connectivity index (χ2v) is 3.86. The lowest BCUT2D eigenvalue weighted by Crippen LogP contribution is -2.17. The number of hydrogen-bond acceptors (Lipinski definition) is 5. The van der Waals surface area contributed by atoms with Crippen LogP contribution in [-0.2, 0) is 0 Å². The van der Waals surface area contributed by atoms with Crippen LogP contribution in [-0.4, -0.2) is 17.3 Å². The molecular weight excluding hydrogens is 226 g/mol. The Kier molecular flexibility index (Phi) is 3.11. The van der Waals surface area contributed by atoms with Gasteiger partial charge in [0.2, 0.25) is 0 Å². The minimum Gasteiger partial charge on any atom is -0.361 e. The third-order valence-electron chi connectivity index (χ3n) is 1.78. The molecule has 0 atom stereocenters. The number of aromatic nitrogens is 1. The molecule has 2 aromatic heterocycles. The predicted molar refractivity (Wildman–Crippen MR) is 60.6 cm³/mol. The fourth-order valence-corrected chi connectivity index (χ4v) is 1.66. The van der Waals surface area contributed by atoms with E-state index >= 15 is 0 Å². The molecule has 0 bridgehead atoms. The molecule has 2 aromatic rings. The lowest BCUT2D eigenvalue weighted by molar-refractivity contribution is 0.0946. The Balaban J connectivity index is 1.94. The zero-order chi connectivity index (χ0) is 11.4. The molecule has 0 spiro atoms. The van der Waals surface area contributed by atoms with Crippen LogP contribution >= 0.6 is 11.3 Å². The average molecular weight is 235 g/mol. The van der Waals surface area contributed by atoms with Gasteiger partial charge < -0.3 is 4.52 Å². The van der Waals surface area contributed by atoms with Gasteiger partial charge >= 0.3 is 0 Å². The third-order valence-corrected chi connectivity index (χ3v) is 2.48. The summed E-state index contributed by atoms with van der Waals surface area (Å²) < 4.78 is 4.78. The molecule has 0 aliphatic rings. The van der Waals surface area contributed by atoms with Crippen LogP contribution < -0.4 is 5.43 Å². The molecule has 0 saturated heterocycles. The van der Waals surface area contributed by atoms with Gasteiger partial charge in [0, 0.05) is 11.6 Å². The SMILES string of the molecule is Cc1cc(C(=O)N/N=C\c2ccsc2)no1. The van der Waals surface area contributed by atoms with Gasteiger partial charge in [-0.2, -0.15) is 16.4 Å². The largest absolute Gasteiger partial charge is 0.361 e. The van der Waals surface area contributed by atoms with Crippen molar-refractivity contribution in [3.63, 3.8) is 0 Å². The van der Waals surface area contributed by atoms with E-state index < -0.39 is 0 Å². The van der Waals surface area contributed by atoms with Crippen molar-refractivity contribution in [1.29, 1.82) is 0 Å². The van der Waals surface area contributed by atoms with E-state index in [1.54, 1.807) is 30.5 Å². The Morgan fingerprint density at radius 2 is 2.56 bits per heavy atom. The van der Waals surface area contributed by atoms with E-state index in [4.69, 9.17) is 4.52 Å². The smallest absolute Gasteiger partial charge is 0.293 e. The van der Waals surface area contributed by atoms with Crippen molar-refractivity contribution in [3.05, 3.63) is 39.9 Å². The monoisotopic (exact) mass is 235 g/mol. The highest BCUT2D eigenvalue weighted by molar-refractivity contribution is 7.08. The first-order chi connectivity index (χ1) is 7.75. The minimum absolute atomic E-state index is 0.222.